The first kappa shape index (κ1) is 32.4. The summed E-state index contributed by atoms with van der Waals surface area (Å²) in [6, 6.07) is 9.37. The van der Waals surface area contributed by atoms with Gasteiger partial charge in [0.25, 0.3) is 11.8 Å². The molecule has 1 aromatic carbocycles. The molecule has 0 radical (unpaired) electrons. The van der Waals surface area contributed by atoms with E-state index in [1.807, 2.05) is 29.1 Å². The molecule has 3 aliphatic heterocycles. The Morgan fingerprint density at radius 2 is 1.81 bits per heavy atom. The SMILES string of the molecule is Nc1nc(/C(=N/O)C(=O)N[C@@H]2C(=O)N3C(C(=O)O)=C(/C=C4\CCN(Cc5cc[n+](Cc6ccc(C(=O)O)cc6)cc5)C4=O)CS[C@H]23)cs1. The Hall–Kier alpha value is -5.55. The van der Waals surface area contributed by atoms with Crippen LogP contribution in [0.5, 0.6) is 0 Å². The molecule has 3 aliphatic rings. The number of nitrogens with two attached hydrogens (primary N) is 1. The van der Waals surface area contributed by atoms with Crippen molar-refractivity contribution in [2.75, 3.05) is 18.0 Å². The zero-order valence-corrected chi connectivity index (χ0v) is 26.6. The number of carboxylic acids is 2. The largest absolute Gasteiger partial charge is 0.478 e. The van der Waals surface area contributed by atoms with E-state index < -0.39 is 40.9 Å². The molecule has 2 atom stereocenters. The molecular weight excluding hydrogens is 663 g/mol. The topological polar surface area (TPSA) is 220 Å². The molecule has 17 heteroatoms. The number of hydrogen-bond donors (Lipinski definition) is 5. The van der Waals surface area contributed by atoms with Gasteiger partial charge >= 0.3 is 11.9 Å². The summed E-state index contributed by atoms with van der Waals surface area (Å²) in [5, 5.41) is 34.9. The van der Waals surface area contributed by atoms with Crippen molar-refractivity contribution in [3.63, 3.8) is 0 Å². The highest BCUT2D eigenvalue weighted by atomic mass is 32.2. The molecule has 5 heterocycles. The number of aliphatic carboxylic acids is 1. The molecule has 2 fully saturated rings. The fourth-order valence-electron chi connectivity index (χ4n) is 5.62. The number of likely N-dealkylation sites (tertiary alicyclic amines) is 1. The lowest BCUT2D eigenvalue weighted by Gasteiger charge is -2.49. The molecule has 0 aliphatic carbocycles. The van der Waals surface area contributed by atoms with Gasteiger partial charge in [0.05, 0.1) is 5.56 Å². The summed E-state index contributed by atoms with van der Waals surface area (Å²) in [5.41, 5.74) is 7.75. The normalized spacial score (nSPS) is 20.2. The van der Waals surface area contributed by atoms with Crippen molar-refractivity contribution in [3.05, 3.63) is 99.5 Å². The highest BCUT2D eigenvalue weighted by Crippen LogP contribution is 2.41. The van der Waals surface area contributed by atoms with Crippen molar-refractivity contribution < 1.29 is 44.0 Å². The number of aromatic nitrogens is 2. The van der Waals surface area contributed by atoms with Crippen LogP contribution in [0.15, 0.2) is 82.2 Å². The van der Waals surface area contributed by atoms with Crippen LogP contribution in [0.1, 0.15) is 33.6 Å². The molecule has 0 saturated carbocycles. The lowest BCUT2D eigenvalue weighted by molar-refractivity contribution is -0.688. The van der Waals surface area contributed by atoms with Gasteiger partial charge in [-0.1, -0.05) is 17.3 Å². The average molecular weight is 691 g/mol. The maximum atomic E-state index is 13.3. The summed E-state index contributed by atoms with van der Waals surface area (Å²) in [6.07, 6.45) is 5.71. The van der Waals surface area contributed by atoms with Gasteiger partial charge in [-0.25, -0.2) is 19.1 Å². The number of carbonyl (C=O) groups excluding carboxylic acids is 3. The second-order valence-corrected chi connectivity index (χ2v) is 13.1. The smallest absolute Gasteiger partial charge is 0.352 e. The molecule has 0 unspecified atom stereocenters. The second kappa shape index (κ2) is 13.3. The van der Waals surface area contributed by atoms with Crippen LogP contribution < -0.4 is 15.6 Å². The Kier molecular flexibility index (Phi) is 8.97. The molecular formula is C31H28N7O8S2+. The van der Waals surface area contributed by atoms with Crippen LogP contribution in [0, 0.1) is 0 Å². The molecule has 2 saturated heterocycles. The number of fused-ring (bicyclic) bond motifs is 1. The molecule has 3 amide bonds. The predicted octanol–water partition coefficient (Wildman–Crippen LogP) is 1.04. The van der Waals surface area contributed by atoms with Gasteiger partial charge < -0.3 is 31.4 Å². The zero-order valence-electron chi connectivity index (χ0n) is 25.0. The first-order valence-corrected chi connectivity index (χ1v) is 16.4. The van der Waals surface area contributed by atoms with Gasteiger partial charge in [-0.2, -0.15) is 0 Å². The highest BCUT2D eigenvalue weighted by Gasteiger charge is 2.54. The molecule has 246 valence electrons. The third-order valence-corrected chi connectivity index (χ3v) is 10.0. The summed E-state index contributed by atoms with van der Waals surface area (Å²) in [4.78, 5) is 69.3. The summed E-state index contributed by atoms with van der Waals surface area (Å²) < 4.78 is 1.94. The summed E-state index contributed by atoms with van der Waals surface area (Å²) in [5.74, 6) is -3.88. The number of allylic oxidation sites excluding steroid dienone is 1. The van der Waals surface area contributed by atoms with Crippen molar-refractivity contribution >= 4 is 63.6 Å². The van der Waals surface area contributed by atoms with Gasteiger partial charge in [-0.05, 0) is 35.8 Å². The van der Waals surface area contributed by atoms with Gasteiger partial charge in [-0.3, -0.25) is 19.3 Å². The zero-order chi connectivity index (χ0) is 34.1. The van der Waals surface area contributed by atoms with Crippen LogP contribution in [0.4, 0.5) is 5.13 Å². The number of carbonyl (C=O) groups is 5. The Morgan fingerprint density at radius 1 is 1.08 bits per heavy atom. The number of oxime groups is 1. The standard InChI is InChI=1S/C31H27N7O8S2/c32-31-33-21(15-48-31)22(35-46)25(39)34-23-27(41)38-24(30(44)45)20(14-47-28(23)38)11-19-7-10-37(26(19)40)13-17-5-8-36(9-6-17)12-16-1-3-18(4-2-16)29(42)43/h1-6,8-9,11,15,23,28H,7,10,12-14H2,(H5-,32,33,34,39,42,43,44,45,46)/p+1/b19-11+/t23-,28-/m1/s1. The maximum Gasteiger partial charge on any atom is 0.352 e. The molecule has 48 heavy (non-hydrogen) atoms. The van der Waals surface area contributed by atoms with Crippen molar-refractivity contribution in [2.24, 2.45) is 5.16 Å². The Morgan fingerprint density at radius 3 is 2.44 bits per heavy atom. The number of amides is 3. The Balaban J connectivity index is 1.10. The van der Waals surface area contributed by atoms with Crippen molar-refractivity contribution in [1.29, 1.82) is 0 Å². The molecule has 15 nitrogen and oxygen atoms in total. The molecule has 0 bridgehead atoms. The first-order chi connectivity index (χ1) is 23.0. The van der Waals surface area contributed by atoms with Crippen molar-refractivity contribution in [3.8, 4) is 0 Å². The van der Waals surface area contributed by atoms with E-state index in [9.17, 15) is 34.3 Å². The van der Waals surface area contributed by atoms with E-state index in [1.54, 1.807) is 35.2 Å². The number of nitrogen functional groups attached to an aromatic ring is 1. The fourth-order valence-corrected chi connectivity index (χ4v) is 7.47. The Bertz CT molecular complexity index is 1920. The number of nitrogens with zero attached hydrogens (tertiary/aromatic N) is 5. The summed E-state index contributed by atoms with van der Waals surface area (Å²) in [6.45, 7) is 1.34. The molecule has 0 spiro atoms. The minimum atomic E-state index is -1.33. The summed E-state index contributed by atoms with van der Waals surface area (Å²) >= 11 is 2.28. The molecule has 3 aromatic rings. The fraction of sp³-hybridized carbons (Fsp3) is 0.226. The summed E-state index contributed by atoms with van der Waals surface area (Å²) in [7, 11) is 0. The average Bonchev–Trinajstić information content (AvgIpc) is 3.65. The van der Waals surface area contributed by atoms with E-state index in [0.29, 0.717) is 37.2 Å². The van der Waals surface area contributed by atoms with Gasteiger partial charge in [0.2, 0.25) is 5.91 Å². The van der Waals surface area contributed by atoms with Crippen LogP contribution in [-0.4, -0.2) is 89.3 Å². The van der Waals surface area contributed by atoms with Crippen LogP contribution in [0.2, 0.25) is 0 Å². The number of thioether (sulfide) groups is 1. The quantitative estimate of drug-likeness (QED) is 0.0505. The number of rotatable bonds is 10. The lowest BCUT2D eigenvalue weighted by atomic mass is 10.0. The predicted molar refractivity (Wildman–Crippen MR) is 172 cm³/mol. The van der Waals surface area contributed by atoms with E-state index in [4.69, 9.17) is 10.8 Å². The van der Waals surface area contributed by atoms with Crippen LogP contribution >= 0.6 is 23.1 Å². The third-order valence-electron chi connectivity index (χ3n) is 8.03. The number of pyridine rings is 1. The number of aromatic carboxylic acids is 1. The minimum absolute atomic E-state index is 0.0330. The van der Waals surface area contributed by atoms with E-state index in [1.165, 1.54) is 17.1 Å². The molecule has 6 rings (SSSR count). The van der Waals surface area contributed by atoms with Gasteiger partial charge in [0.1, 0.15) is 22.8 Å². The van der Waals surface area contributed by atoms with Gasteiger partial charge in [0, 0.05) is 47.5 Å². The monoisotopic (exact) mass is 690 g/mol. The van der Waals surface area contributed by atoms with E-state index >= 15 is 0 Å². The van der Waals surface area contributed by atoms with E-state index in [2.05, 4.69) is 15.5 Å². The molecule has 6 N–H and O–H groups in total. The number of benzene rings is 1. The number of carboxylic acid groups (broad SMARTS) is 2. The van der Waals surface area contributed by atoms with Crippen molar-refractivity contribution in [2.45, 2.75) is 30.9 Å². The van der Waals surface area contributed by atoms with Gasteiger partial charge in [-0.15, -0.1) is 23.1 Å². The van der Waals surface area contributed by atoms with Crippen LogP contribution in [-0.2, 0) is 32.3 Å². The number of thiazole rings is 1. The maximum absolute atomic E-state index is 13.3. The highest BCUT2D eigenvalue weighted by molar-refractivity contribution is 8.00. The first-order valence-electron chi connectivity index (χ1n) is 14.5. The lowest BCUT2D eigenvalue weighted by Crippen LogP contribution is -2.71. The molecule has 2 aromatic heterocycles. The second-order valence-electron chi connectivity index (χ2n) is 11.1. The van der Waals surface area contributed by atoms with Crippen molar-refractivity contribution in [1.82, 2.24) is 20.1 Å². The van der Waals surface area contributed by atoms with Crippen LogP contribution in [0.25, 0.3) is 0 Å². The number of hydrogen-bond acceptors (Lipinski definition) is 11. The number of anilines is 1. The van der Waals surface area contributed by atoms with E-state index in [-0.39, 0.29) is 33.7 Å². The number of nitrogens with one attached hydrogen (secondary N) is 1. The Labute approximate surface area is 280 Å². The van der Waals surface area contributed by atoms with E-state index in [0.717, 1.165) is 27.4 Å². The van der Waals surface area contributed by atoms with Gasteiger partial charge in [0.15, 0.2) is 29.8 Å². The number of β-lactam (4-membered cyclic amide) rings is 1. The third kappa shape index (κ3) is 6.37. The minimum Gasteiger partial charge on any atom is -0.478 e. The van der Waals surface area contributed by atoms with Crippen LogP contribution in [0.3, 0.4) is 0 Å².